The Bertz CT molecular complexity index is 1040. The van der Waals surface area contributed by atoms with Crippen molar-refractivity contribution in [1.29, 1.82) is 0 Å². The summed E-state index contributed by atoms with van der Waals surface area (Å²) in [5.74, 6) is -0.898. The summed E-state index contributed by atoms with van der Waals surface area (Å²) in [7, 11) is 1.39. The number of rotatable bonds is 6. The highest BCUT2D eigenvalue weighted by atomic mass is 32.1. The molecule has 0 atom stereocenters. The van der Waals surface area contributed by atoms with Crippen molar-refractivity contribution in [3.05, 3.63) is 68.9 Å². The first-order chi connectivity index (χ1) is 12.5. The number of nitrogens with one attached hydrogen (secondary N) is 1. The smallest absolute Gasteiger partial charge is 0.287 e. The van der Waals surface area contributed by atoms with E-state index in [1.807, 2.05) is 0 Å². The molecule has 0 spiro atoms. The van der Waals surface area contributed by atoms with Crippen LogP contribution in [0.1, 0.15) is 10.6 Å². The van der Waals surface area contributed by atoms with Gasteiger partial charge in [-0.15, -0.1) is 11.3 Å². The topological polar surface area (TPSA) is 85.2 Å². The molecule has 3 rings (SSSR count). The molecule has 3 aromatic rings. The molecule has 7 nitrogen and oxygen atoms in total. The van der Waals surface area contributed by atoms with E-state index in [9.17, 15) is 13.6 Å². The molecule has 0 aliphatic heterocycles. The molecule has 0 unspecified atom stereocenters. The number of halogens is 2. The van der Waals surface area contributed by atoms with Crippen LogP contribution in [0.15, 0.2) is 47.0 Å². The maximum atomic E-state index is 13.3. The van der Waals surface area contributed by atoms with Gasteiger partial charge in [-0.05, 0) is 24.3 Å². The van der Waals surface area contributed by atoms with Gasteiger partial charge in [0.2, 0.25) is 5.82 Å². The van der Waals surface area contributed by atoms with Gasteiger partial charge in [-0.25, -0.2) is 4.98 Å². The molecule has 134 valence electrons. The number of oxime groups is 1. The molecule has 3 aromatic heterocycles. The summed E-state index contributed by atoms with van der Waals surface area (Å²) in [5.41, 5.74) is 0.283. The number of hydrogen-bond donors (Lipinski definition) is 1. The third-order valence-electron chi connectivity index (χ3n) is 3.36. The third-order valence-corrected chi connectivity index (χ3v) is 4.22. The average Bonchev–Trinajstić information content (AvgIpc) is 3.22. The molecule has 0 bridgehead atoms. The Balaban J connectivity index is 2.09. The van der Waals surface area contributed by atoms with Crippen molar-refractivity contribution in [2.45, 2.75) is 6.54 Å². The number of thiophene rings is 1. The van der Waals surface area contributed by atoms with E-state index in [1.54, 1.807) is 16.8 Å². The van der Waals surface area contributed by atoms with Crippen LogP contribution in [-0.2, 0) is 11.4 Å². The van der Waals surface area contributed by atoms with Gasteiger partial charge in [0.05, 0.1) is 18.4 Å². The number of nitrogens with zero attached hydrogens (tertiary/aromatic N) is 4. The van der Waals surface area contributed by atoms with E-state index in [1.165, 1.54) is 19.3 Å². The lowest BCUT2D eigenvalue weighted by molar-refractivity contribution is 0.214. The SMILES string of the molecule is C=C/C(=N\OC)c1cc(-c2ncc(F)c(=O)[nH]2)nn1Cc1ccc(F)s1. The highest BCUT2D eigenvalue weighted by Crippen LogP contribution is 2.20. The Hall–Kier alpha value is -3.14. The van der Waals surface area contributed by atoms with Crippen molar-refractivity contribution in [2.24, 2.45) is 5.16 Å². The van der Waals surface area contributed by atoms with E-state index in [0.717, 1.165) is 22.4 Å². The molecular formula is C16H13F2N5O2S. The van der Waals surface area contributed by atoms with Crippen molar-refractivity contribution >= 4 is 17.0 Å². The van der Waals surface area contributed by atoms with Gasteiger partial charge in [0.1, 0.15) is 18.5 Å². The standard InChI is InChI=1S/C16H13F2N5O2S/c1-3-11(22-25-2)13-6-12(15-19-7-10(17)16(24)20-15)21-23(13)8-9-4-5-14(18)26-9/h3-7H,1,8H2,2H3,(H,19,20,24)/b22-11+. The molecule has 0 aliphatic carbocycles. The molecule has 1 N–H and O–H groups in total. The van der Waals surface area contributed by atoms with Crippen LogP contribution in [0.2, 0.25) is 0 Å². The summed E-state index contributed by atoms with van der Waals surface area (Å²) >= 11 is 0.986. The first-order valence-electron chi connectivity index (χ1n) is 7.33. The minimum Gasteiger partial charge on any atom is -0.399 e. The average molecular weight is 377 g/mol. The van der Waals surface area contributed by atoms with E-state index in [4.69, 9.17) is 4.84 Å². The van der Waals surface area contributed by atoms with Gasteiger partial charge in [-0.2, -0.15) is 13.9 Å². The lowest BCUT2D eigenvalue weighted by Gasteiger charge is -2.05. The van der Waals surface area contributed by atoms with Crippen LogP contribution in [0.5, 0.6) is 0 Å². The predicted molar refractivity (Wildman–Crippen MR) is 93.2 cm³/mol. The van der Waals surface area contributed by atoms with Gasteiger partial charge in [0.25, 0.3) is 5.56 Å². The minimum absolute atomic E-state index is 0.0922. The van der Waals surface area contributed by atoms with Gasteiger partial charge in [0, 0.05) is 4.88 Å². The fraction of sp³-hybridized carbons (Fsp3) is 0.125. The second kappa shape index (κ2) is 7.40. The Labute approximate surface area is 150 Å². The molecule has 0 saturated carbocycles. The highest BCUT2D eigenvalue weighted by molar-refractivity contribution is 7.10. The van der Waals surface area contributed by atoms with E-state index in [0.29, 0.717) is 17.1 Å². The van der Waals surface area contributed by atoms with Crippen LogP contribution < -0.4 is 5.56 Å². The Morgan fingerprint density at radius 3 is 2.92 bits per heavy atom. The number of H-pyrrole nitrogens is 1. The lowest BCUT2D eigenvalue weighted by Crippen LogP contribution is -2.13. The highest BCUT2D eigenvalue weighted by Gasteiger charge is 2.16. The van der Waals surface area contributed by atoms with Gasteiger partial charge in [0.15, 0.2) is 11.0 Å². The summed E-state index contributed by atoms with van der Waals surface area (Å²) in [6.45, 7) is 3.94. The van der Waals surface area contributed by atoms with Gasteiger partial charge in [-0.1, -0.05) is 11.7 Å². The molecule has 0 aliphatic rings. The molecule has 0 aromatic carbocycles. The zero-order valence-electron chi connectivity index (χ0n) is 13.6. The van der Waals surface area contributed by atoms with Crippen LogP contribution in [0.3, 0.4) is 0 Å². The van der Waals surface area contributed by atoms with Crippen molar-refractivity contribution < 1.29 is 13.6 Å². The Kier molecular flexibility index (Phi) is 5.03. The zero-order valence-corrected chi connectivity index (χ0v) is 14.4. The van der Waals surface area contributed by atoms with Crippen molar-refractivity contribution in [3.63, 3.8) is 0 Å². The summed E-state index contributed by atoms with van der Waals surface area (Å²) < 4.78 is 28.0. The van der Waals surface area contributed by atoms with Gasteiger partial charge in [-0.3, -0.25) is 9.48 Å². The molecular weight excluding hydrogens is 364 g/mol. The van der Waals surface area contributed by atoms with Crippen LogP contribution >= 0.6 is 11.3 Å². The quantitative estimate of drug-likeness (QED) is 0.528. The maximum Gasteiger partial charge on any atom is 0.287 e. The molecule has 3 heterocycles. The normalized spacial score (nSPS) is 11.6. The van der Waals surface area contributed by atoms with Crippen LogP contribution in [0.25, 0.3) is 11.5 Å². The van der Waals surface area contributed by atoms with Crippen LogP contribution in [0.4, 0.5) is 8.78 Å². The van der Waals surface area contributed by atoms with Crippen LogP contribution in [0, 0.1) is 10.9 Å². The van der Waals surface area contributed by atoms with E-state index in [2.05, 4.69) is 26.8 Å². The minimum atomic E-state index is -0.991. The maximum absolute atomic E-state index is 13.3. The van der Waals surface area contributed by atoms with E-state index >= 15 is 0 Å². The first kappa shape index (κ1) is 17.7. The second-order valence-corrected chi connectivity index (χ2v) is 6.17. The Morgan fingerprint density at radius 2 is 2.31 bits per heavy atom. The summed E-state index contributed by atoms with van der Waals surface area (Å²) in [6.07, 6.45) is 2.29. The molecule has 26 heavy (non-hydrogen) atoms. The summed E-state index contributed by atoms with van der Waals surface area (Å²) in [5, 5.41) is 7.93. The third kappa shape index (κ3) is 3.59. The predicted octanol–water partition coefficient (Wildman–Crippen LogP) is 2.56. The molecule has 0 saturated heterocycles. The fourth-order valence-electron chi connectivity index (χ4n) is 2.24. The van der Waals surface area contributed by atoms with E-state index in [-0.39, 0.29) is 17.5 Å². The number of allylic oxidation sites excluding steroid dienone is 1. The fourth-order valence-corrected chi connectivity index (χ4v) is 2.95. The van der Waals surface area contributed by atoms with Crippen LogP contribution in [-0.4, -0.2) is 32.6 Å². The molecule has 0 fully saturated rings. The molecule has 10 heteroatoms. The van der Waals surface area contributed by atoms with Gasteiger partial charge < -0.3 is 9.82 Å². The first-order valence-corrected chi connectivity index (χ1v) is 8.14. The van der Waals surface area contributed by atoms with Crippen molar-refractivity contribution in [3.8, 4) is 11.5 Å². The van der Waals surface area contributed by atoms with Crippen molar-refractivity contribution in [1.82, 2.24) is 19.7 Å². The molecule has 0 radical (unpaired) electrons. The summed E-state index contributed by atoms with van der Waals surface area (Å²) in [6, 6.07) is 4.60. The zero-order chi connectivity index (χ0) is 18.7. The van der Waals surface area contributed by atoms with E-state index < -0.39 is 11.4 Å². The number of aromatic amines is 1. The van der Waals surface area contributed by atoms with Crippen molar-refractivity contribution in [2.75, 3.05) is 7.11 Å². The summed E-state index contributed by atoms with van der Waals surface area (Å²) in [4.78, 5) is 23.2. The largest absolute Gasteiger partial charge is 0.399 e. The lowest BCUT2D eigenvalue weighted by atomic mass is 10.2. The number of aromatic nitrogens is 4. The molecule has 0 amide bonds. The monoisotopic (exact) mass is 377 g/mol. The Morgan fingerprint density at radius 1 is 1.50 bits per heavy atom. The van der Waals surface area contributed by atoms with Gasteiger partial charge >= 0.3 is 0 Å². The number of hydrogen-bond acceptors (Lipinski definition) is 6. The second-order valence-electron chi connectivity index (χ2n) is 5.05.